The number of rotatable bonds is 8. The van der Waals surface area contributed by atoms with Crippen LogP contribution in [0.3, 0.4) is 0 Å². The van der Waals surface area contributed by atoms with Crippen molar-refractivity contribution in [2.75, 3.05) is 7.11 Å². The standard InChI is InChI=1S/C25H22N4O3/c1-31-20-11-7-10-19(14-20)16-26-29-25(30)23-15-22(27-28-23)21-12-5-6-13-24(21)32-17-18-8-3-2-4-9-18/h2-16H,17H2,1H3,(H,27,28)(H,29,30)/b26-16-. The van der Waals surface area contributed by atoms with Crippen molar-refractivity contribution in [2.45, 2.75) is 6.61 Å². The fraction of sp³-hybridized carbons (Fsp3) is 0.0800. The molecule has 4 aromatic rings. The molecule has 0 unspecified atom stereocenters. The molecule has 0 fully saturated rings. The number of hydrazone groups is 1. The van der Waals surface area contributed by atoms with Crippen LogP contribution in [0.2, 0.25) is 0 Å². The normalized spacial score (nSPS) is 10.8. The number of aromatic nitrogens is 2. The second-order valence-electron chi connectivity index (χ2n) is 6.91. The number of amides is 1. The first kappa shape index (κ1) is 20.9. The van der Waals surface area contributed by atoms with E-state index in [1.165, 1.54) is 0 Å². The van der Waals surface area contributed by atoms with Gasteiger partial charge in [0.05, 0.1) is 19.0 Å². The van der Waals surface area contributed by atoms with Crippen molar-refractivity contribution in [3.8, 4) is 22.8 Å². The van der Waals surface area contributed by atoms with Crippen molar-refractivity contribution >= 4 is 12.1 Å². The zero-order chi connectivity index (χ0) is 22.2. The fourth-order valence-corrected chi connectivity index (χ4v) is 3.06. The quantitative estimate of drug-likeness (QED) is 0.322. The Morgan fingerprint density at radius 1 is 1.03 bits per heavy atom. The van der Waals surface area contributed by atoms with Crippen LogP contribution in [-0.2, 0) is 6.61 Å². The minimum absolute atomic E-state index is 0.292. The van der Waals surface area contributed by atoms with E-state index in [0.717, 1.165) is 16.7 Å². The molecule has 0 atom stereocenters. The maximum Gasteiger partial charge on any atom is 0.289 e. The van der Waals surface area contributed by atoms with Gasteiger partial charge in [-0.15, -0.1) is 0 Å². The summed E-state index contributed by atoms with van der Waals surface area (Å²) in [6, 6.07) is 26.5. The Balaban J connectivity index is 1.43. The third kappa shape index (κ3) is 5.20. The molecule has 3 aromatic carbocycles. The molecule has 0 aliphatic heterocycles. The number of hydrogen-bond acceptors (Lipinski definition) is 5. The molecule has 0 saturated carbocycles. The monoisotopic (exact) mass is 426 g/mol. The highest BCUT2D eigenvalue weighted by Crippen LogP contribution is 2.29. The minimum atomic E-state index is -0.398. The van der Waals surface area contributed by atoms with Crippen LogP contribution in [0.5, 0.6) is 11.5 Å². The molecular weight excluding hydrogens is 404 g/mol. The molecule has 4 rings (SSSR count). The lowest BCUT2D eigenvalue weighted by Crippen LogP contribution is -2.18. The molecule has 0 aliphatic carbocycles. The van der Waals surface area contributed by atoms with Gasteiger partial charge < -0.3 is 9.47 Å². The molecule has 2 N–H and O–H groups in total. The third-order valence-electron chi connectivity index (χ3n) is 4.70. The van der Waals surface area contributed by atoms with E-state index in [4.69, 9.17) is 9.47 Å². The van der Waals surface area contributed by atoms with E-state index in [0.29, 0.717) is 29.5 Å². The number of nitrogens with zero attached hydrogens (tertiary/aromatic N) is 2. The number of carbonyl (C=O) groups excluding carboxylic acids is 1. The van der Waals surface area contributed by atoms with Crippen LogP contribution in [0.4, 0.5) is 0 Å². The Kier molecular flexibility index (Phi) is 6.57. The van der Waals surface area contributed by atoms with Gasteiger partial charge in [0.25, 0.3) is 5.91 Å². The van der Waals surface area contributed by atoms with Crippen LogP contribution in [0, 0.1) is 0 Å². The van der Waals surface area contributed by atoms with Gasteiger partial charge in [0.1, 0.15) is 23.8 Å². The molecular formula is C25H22N4O3. The van der Waals surface area contributed by atoms with E-state index in [9.17, 15) is 4.79 Å². The zero-order valence-electron chi connectivity index (χ0n) is 17.5. The molecule has 7 nitrogen and oxygen atoms in total. The first-order valence-electron chi connectivity index (χ1n) is 10.0. The van der Waals surface area contributed by atoms with E-state index in [2.05, 4.69) is 20.7 Å². The van der Waals surface area contributed by atoms with Gasteiger partial charge in [-0.3, -0.25) is 9.89 Å². The van der Waals surface area contributed by atoms with Gasteiger partial charge in [0.2, 0.25) is 0 Å². The lowest BCUT2D eigenvalue weighted by atomic mass is 10.1. The predicted molar refractivity (Wildman–Crippen MR) is 123 cm³/mol. The van der Waals surface area contributed by atoms with Gasteiger partial charge in [-0.05, 0) is 41.5 Å². The van der Waals surface area contributed by atoms with Crippen molar-refractivity contribution in [2.24, 2.45) is 5.10 Å². The molecule has 0 aliphatic rings. The number of carbonyl (C=O) groups is 1. The summed E-state index contributed by atoms with van der Waals surface area (Å²) in [6.07, 6.45) is 1.55. The molecule has 0 saturated heterocycles. The second-order valence-corrected chi connectivity index (χ2v) is 6.91. The minimum Gasteiger partial charge on any atom is -0.497 e. The summed E-state index contributed by atoms with van der Waals surface area (Å²) in [5.74, 6) is 1.00. The number of nitrogens with one attached hydrogen (secondary N) is 2. The second kappa shape index (κ2) is 10.1. The molecule has 160 valence electrons. The first-order chi connectivity index (χ1) is 15.7. The van der Waals surface area contributed by atoms with Crippen molar-refractivity contribution in [3.63, 3.8) is 0 Å². The van der Waals surface area contributed by atoms with Gasteiger partial charge in [0, 0.05) is 5.56 Å². The van der Waals surface area contributed by atoms with Crippen molar-refractivity contribution < 1.29 is 14.3 Å². The summed E-state index contributed by atoms with van der Waals surface area (Å²) < 4.78 is 11.2. The Morgan fingerprint density at radius 2 is 1.84 bits per heavy atom. The van der Waals surface area contributed by atoms with E-state index in [-0.39, 0.29) is 0 Å². The molecule has 32 heavy (non-hydrogen) atoms. The van der Waals surface area contributed by atoms with Gasteiger partial charge in [0.15, 0.2) is 0 Å². The lowest BCUT2D eigenvalue weighted by molar-refractivity contribution is 0.0950. The summed E-state index contributed by atoms with van der Waals surface area (Å²) in [6.45, 7) is 0.439. The van der Waals surface area contributed by atoms with Gasteiger partial charge in [-0.25, -0.2) is 5.43 Å². The van der Waals surface area contributed by atoms with Crippen LogP contribution >= 0.6 is 0 Å². The topological polar surface area (TPSA) is 88.6 Å². The summed E-state index contributed by atoms with van der Waals surface area (Å²) in [5, 5.41) is 11.0. The fourth-order valence-electron chi connectivity index (χ4n) is 3.06. The van der Waals surface area contributed by atoms with E-state index >= 15 is 0 Å². The highest BCUT2D eigenvalue weighted by atomic mass is 16.5. The Bertz CT molecular complexity index is 1220. The van der Waals surface area contributed by atoms with Gasteiger partial charge in [-0.2, -0.15) is 10.2 Å². The number of hydrogen-bond donors (Lipinski definition) is 2. The summed E-state index contributed by atoms with van der Waals surface area (Å²) >= 11 is 0. The van der Waals surface area contributed by atoms with Crippen molar-refractivity contribution in [3.05, 3.63) is 102 Å². The molecule has 0 bridgehead atoms. The van der Waals surface area contributed by atoms with Crippen molar-refractivity contribution in [1.82, 2.24) is 15.6 Å². The van der Waals surface area contributed by atoms with Gasteiger partial charge in [-0.1, -0.05) is 54.6 Å². The van der Waals surface area contributed by atoms with Crippen LogP contribution in [0.25, 0.3) is 11.3 Å². The average Bonchev–Trinajstić information content (AvgIpc) is 3.34. The van der Waals surface area contributed by atoms with Crippen LogP contribution in [0.15, 0.2) is 90.0 Å². The molecule has 1 amide bonds. The average molecular weight is 426 g/mol. The van der Waals surface area contributed by atoms with Crippen LogP contribution in [0.1, 0.15) is 21.6 Å². The predicted octanol–water partition coefficient (Wildman–Crippen LogP) is 4.43. The highest BCUT2D eigenvalue weighted by Gasteiger charge is 2.13. The largest absolute Gasteiger partial charge is 0.497 e. The third-order valence-corrected chi connectivity index (χ3v) is 4.70. The Hall–Kier alpha value is -4.39. The smallest absolute Gasteiger partial charge is 0.289 e. The van der Waals surface area contributed by atoms with Gasteiger partial charge >= 0.3 is 0 Å². The summed E-state index contributed by atoms with van der Waals surface area (Å²) in [5.41, 5.74) is 6.06. The number of benzene rings is 3. The van der Waals surface area contributed by atoms with E-state index < -0.39 is 5.91 Å². The van der Waals surface area contributed by atoms with Crippen LogP contribution in [-0.4, -0.2) is 29.4 Å². The summed E-state index contributed by atoms with van der Waals surface area (Å²) in [4.78, 5) is 12.4. The maximum atomic E-state index is 12.4. The van der Waals surface area contributed by atoms with Crippen LogP contribution < -0.4 is 14.9 Å². The Labute approximate surface area is 185 Å². The summed E-state index contributed by atoms with van der Waals surface area (Å²) in [7, 11) is 1.60. The maximum absolute atomic E-state index is 12.4. The van der Waals surface area contributed by atoms with E-state index in [1.807, 2.05) is 78.9 Å². The van der Waals surface area contributed by atoms with Crippen molar-refractivity contribution in [1.29, 1.82) is 0 Å². The van der Waals surface area contributed by atoms with E-state index in [1.54, 1.807) is 19.4 Å². The molecule has 1 heterocycles. The first-order valence-corrected chi connectivity index (χ1v) is 10.0. The number of H-pyrrole nitrogens is 1. The Morgan fingerprint density at radius 3 is 2.69 bits per heavy atom. The lowest BCUT2D eigenvalue weighted by Gasteiger charge is -2.10. The molecule has 0 radical (unpaired) electrons. The number of ether oxygens (including phenoxy) is 2. The molecule has 1 aromatic heterocycles. The SMILES string of the molecule is COc1cccc(/C=N\NC(=O)c2cc(-c3ccccc3OCc3ccccc3)n[nH]2)c1. The molecule has 7 heteroatoms. The number of para-hydroxylation sites is 1. The zero-order valence-corrected chi connectivity index (χ0v) is 17.5. The highest BCUT2D eigenvalue weighted by molar-refractivity contribution is 5.94. The number of methoxy groups -OCH3 is 1. The molecule has 0 spiro atoms. The number of aromatic amines is 1.